The maximum atomic E-state index is 13.0. The summed E-state index contributed by atoms with van der Waals surface area (Å²) in [4.78, 5) is 21.4. The van der Waals surface area contributed by atoms with Crippen LogP contribution in [0.3, 0.4) is 0 Å². The number of amides is 1. The van der Waals surface area contributed by atoms with Crippen molar-refractivity contribution in [2.75, 3.05) is 6.54 Å². The average molecular weight is 286 g/mol. The molecule has 0 bridgehead atoms. The average Bonchev–Trinajstić information content (AvgIpc) is 3.19. The van der Waals surface area contributed by atoms with Gasteiger partial charge in [-0.1, -0.05) is 6.07 Å². The fourth-order valence-corrected chi connectivity index (χ4v) is 1.86. The van der Waals surface area contributed by atoms with E-state index in [9.17, 15) is 28.8 Å². The molecular weight excluding hydrogens is 274 g/mol. The van der Waals surface area contributed by atoms with Gasteiger partial charge in [-0.3, -0.25) is 14.9 Å². The molecule has 1 fully saturated rings. The van der Waals surface area contributed by atoms with Gasteiger partial charge in [-0.25, -0.2) is 8.78 Å². The molecule has 1 aliphatic carbocycles. The highest BCUT2D eigenvalue weighted by Gasteiger charge is 2.53. The molecule has 2 rings (SSSR count). The van der Waals surface area contributed by atoms with Gasteiger partial charge < -0.3 is 10.4 Å². The van der Waals surface area contributed by atoms with E-state index in [2.05, 4.69) is 5.32 Å². The van der Waals surface area contributed by atoms with Gasteiger partial charge in [0, 0.05) is 17.9 Å². The first-order valence-corrected chi connectivity index (χ1v) is 5.94. The first-order chi connectivity index (χ1) is 9.40. The second-order valence-corrected chi connectivity index (χ2v) is 4.63. The van der Waals surface area contributed by atoms with Gasteiger partial charge in [0.1, 0.15) is 5.92 Å². The molecular formula is C12H12F2N2O4. The summed E-state index contributed by atoms with van der Waals surface area (Å²) in [6.45, 7) is -0.217. The molecule has 1 aromatic carbocycles. The van der Waals surface area contributed by atoms with Crippen molar-refractivity contribution in [3.05, 3.63) is 45.5 Å². The summed E-state index contributed by atoms with van der Waals surface area (Å²) in [5, 5.41) is 22.5. The Bertz CT molecular complexity index is 552. The van der Waals surface area contributed by atoms with E-state index in [4.69, 9.17) is 0 Å². The van der Waals surface area contributed by atoms with Gasteiger partial charge in [0.25, 0.3) is 0 Å². The molecule has 1 aromatic rings. The van der Waals surface area contributed by atoms with Gasteiger partial charge in [-0.15, -0.1) is 0 Å². The SMILES string of the molecule is O=C(NC[C@H](O)c1ccc(F)c(F)c1)[C@@H]1C[C@@H]1[N+](=O)[O-]. The Morgan fingerprint density at radius 1 is 1.50 bits per heavy atom. The van der Waals surface area contributed by atoms with E-state index in [1.54, 1.807) is 0 Å². The number of nitro groups is 1. The van der Waals surface area contributed by atoms with Gasteiger partial charge >= 0.3 is 0 Å². The van der Waals surface area contributed by atoms with Gasteiger partial charge in [0.05, 0.1) is 6.10 Å². The van der Waals surface area contributed by atoms with Crippen LogP contribution in [0.4, 0.5) is 8.78 Å². The lowest BCUT2D eigenvalue weighted by Crippen LogP contribution is -2.31. The molecule has 0 radical (unpaired) electrons. The summed E-state index contributed by atoms with van der Waals surface area (Å²) in [6.07, 6.45) is -1.03. The van der Waals surface area contributed by atoms with Crippen molar-refractivity contribution in [3.8, 4) is 0 Å². The minimum Gasteiger partial charge on any atom is -0.387 e. The van der Waals surface area contributed by atoms with E-state index < -0.39 is 40.5 Å². The number of rotatable bonds is 5. The van der Waals surface area contributed by atoms with Crippen molar-refractivity contribution < 1.29 is 23.6 Å². The molecule has 2 N–H and O–H groups in total. The molecule has 0 aromatic heterocycles. The molecule has 20 heavy (non-hydrogen) atoms. The van der Waals surface area contributed by atoms with Crippen molar-refractivity contribution in [2.45, 2.75) is 18.6 Å². The summed E-state index contributed by atoms with van der Waals surface area (Å²) >= 11 is 0. The lowest BCUT2D eigenvalue weighted by atomic mass is 10.1. The van der Waals surface area contributed by atoms with Crippen LogP contribution in [0.15, 0.2) is 18.2 Å². The maximum Gasteiger partial charge on any atom is 0.230 e. The molecule has 108 valence electrons. The van der Waals surface area contributed by atoms with E-state index in [0.717, 1.165) is 12.1 Å². The fourth-order valence-electron chi connectivity index (χ4n) is 1.86. The van der Waals surface area contributed by atoms with Crippen LogP contribution in [0, 0.1) is 27.7 Å². The molecule has 0 aliphatic heterocycles. The van der Waals surface area contributed by atoms with Crippen LogP contribution in [0.25, 0.3) is 0 Å². The number of halogens is 2. The molecule has 0 saturated heterocycles. The highest BCUT2D eigenvalue weighted by Crippen LogP contribution is 2.33. The topological polar surface area (TPSA) is 92.5 Å². The first-order valence-electron chi connectivity index (χ1n) is 5.94. The monoisotopic (exact) mass is 286 g/mol. The second-order valence-electron chi connectivity index (χ2n) is 4.63. The summed E-state index contributed by atoms with van der Waals surface area (Å²) in [6, 6.07) is 2.05. The number of carbonyl (C=O) groups excluding carboxylic acids is 1. The maximum absolute atomic E-state index is 13.0. The number of hydrogen-bond donors (Lipinski definition) is 2. The minimum absolute atomic E-state index is 0.117. The lowest BCUT2D eigenvalue weighted by Gasteiger charge is -2.12. The standard InChI is InChI=1S/C12H12F2N2O4/c13-8-2-1-6(3-9(8)14)11(17)5-15-12(18)7-4-10(7)16(19)20/h1-3,7,10-11,17H,4-5H2,(H,15,18)/t7-,10+,11+/m1/s1. The van der Waals surface area contributed by atoms with Crippen LogP contribution in [0.1, 0.15) is 18.1 Å². The first kappa shape index (κ1) is 14.3. The molecule has 0 heterocycles. The van der Waals surface area contributed by atoms with E-state index in [-0.39, 0.29) is 18.5 Å². The third kappa shape index (κ3) is 3.08. The molecule has 6 nitrogen and oxygen atoms in total. The Hall–Kier alpha value is -2.09. The van der Waals surface area contributed by atoms with Crippen molar-refractivity contribution >= 4 is 5.91 Å². The Balaban J connectivity index is 1.86. The summed E-state index contributed by atoms with van der Waals surface area (Å²) in [7, 11) is 0. The van der Waals surface area contributed by atoms with E-state index in [0.29, 0.717) is 0 Å². The van der Waals surface area contributed by atoms with Gasteiger partial charge in [-0.05, 0) is 17.7 Å². The van der Waals surface area contributed by atoms with Crippen molar-refractivity contribution in [3.63, 3.8) is 0 Å². The number of nitrogens with zero attached hydrogens (tertiary/aromatic N) is 1. The van der Waals surface area contributed by atoms with Crippen LogP contribution in [0.2, 0.25) is 0 Å². The van der Waals surface area contributed by atoms with Crippen molar-refractivity contribution in [1.82, 2.24) is 5.32 Å². The summed E-state index contributed by atoms with van der Waals surface area (Å²) in [5.74, 6) is -3.32. The number of hydrogen-bond acceptors (Lipinski definition) is 4. The molecule has 1 saturated carbocycles. The van der Waals surface area contributed by atoms with E-state index >= 15 is 0 Å². The number of carbonyl (C=O) groups is 1. The number of aliphatic hydroxyl groups is 1. The van der Waals surface area contributed by atoms with E-state index in [1.807, 2.05) is 0 Å². The number of aliphatic hydroxyl groups excluding tert-OH is 1. The fraction of sp³-hybridized carbons (Fsp3) is 0.417. The van der Waals surface area contributed by atoms with Crippen LogP contribution >= 0.6 is 0 Å². The third-order valence-corrected chi connectivity index (χ3v) is 3.16. The number of nitrogens with one attached hydrogen (secondary N) is 1. The molecule has 0 unspecified atom stereocenters. The highest BCUT2D eigenvalue weighted by atomic mass is 19.2. The Morgan fingerprint density at radius 3 is 2.75 bits per heavy atom. The molecule has 0 spiro atoms. The van der Waals surface area contributed by atoms with Gasteiger partial charge in [0.2, 0.25) is 11.9 Å². The third-order valence-electron chi connectivity index (χ3n) is 3.16. The van der Waals surface area contributed by atoms with Gasteiger partial charge in [0.15, 0.2) is 11.6 Å². The number of benzene rings is 1. The predicted molar refractivity (Wildman–Crippen MR) is 63.2 cm³/mol. The van der Waals surface area contributed by atoms with Crippen LogP contribution in [-0.4, -0.2) is 28.5 Å². The summed E-state index contributed by atoms with van der Waals surface area (Å²) < 4.78 is 25.7. The second kappa shape index (κ2) is 5.49. The van der Waals surface area contributed by atoms with Gasteiger partial charge in [-0.2, -0.15) is 0 Å². The Morgan fingerprint density at radius 2 is 2.20 bits per heavy atom. The van der Waals surface area contributed by atoms with Crippen LogP contribution < -0.4 is 5.32 Å². The summed E-state index contributed by atoms with van der Waals surface area (Å²) in [5.41, 5.74) is 0.117. The Kier molecular flexibility index (Phi) is 3.93. The minimum atomic E-state index is -1.21. The smallest absolute Gasteiger partial charge is 0.230 e. The molecule has 8 heteroatoms. The molecule has 3 atom stereocenters. The molecule has 1 amide bonds. The normalized spacial score (nSPS) is 22.1. The quantitative estimate of drug-likeness (QED) is 0.618. The zero-order valence-corrected chi connectivity index (χ0v) is 10.3. The zero-order chi connectivity index (χ0) is 14.9. The highest BCUT2D eigenvalue weighted by molar-refractivity contribution is 5.82. The van der Waals surface area contributed by atoms with Crippen LogP contribution in [0.5, 0.6) is 0 Å². The molecule has 1 aliphatic rings. The van der Waals surface area contributed by atoms with E-state index in [1.165, 1.54) is 6.07 Å². The van der Waals surface area contributed by atoms with Crippen LogP contribution in [-0.2, 0) is 4.79 Å². The zero-order valence-electron chi connectivity index (χ0n) is 10.3. The van der Waals surface area contributed by atoms with Crippen molar-refractivity contribution in [1.29, 1.82) is 0 Å². The van der Waals surface area contributed by atoms with Crippen molar-refractivity contribution in [2.24, 2.45) is 5.92 Å². The predicted octanol–water partition coefficient (Wildman–Crippen LogP) is 0.780. The largest absolute Gasteiger partial charge is 0.387 e. The lowest BCUT2D eigenvalue weighted by molar-refractivity contribution is -0.497. The Labute approximate surface area is 112 Å².